The maximum absolute atomic E-state index is 14.8. The molecule has 5 nitrogen and oxygen atoms in total. The Kier molecular flexibility index (Phi) is 4.96. The fourth-order valence-electron chi connectivity index (χ4n) is 3.74. The molecular formula is C22H23FN4O. The lowest BCUT2D eigenvalue weighted by atomic mass is 9.99. The Morgan fingerprint density at radius 1 is 1.21 bits per heavy atom. The number of fused-ring (bicyclic) bond motifs is 1. The molecule has 1 aliphatic rings. The highest BCUT2D eigenvalue weighted by atomic mass is 19.1. The van der Waals surface area contributed by atoms with E-state index in [1.807, 2.05) is 54.9 Å². The van der Waals surface area contributed by atoms with Crippen LogP contribution in [0.5, 0.6) is 0 Å². The summed E-state index contributed by atoms with van der Waals surface area (Å²) in [7, 11) is 0. The Morgan fingerprint density at radius 3 is 2.79 bits per heavy atom. The van der Waals surface area contributed by atoms with Crippen molar-refractivity contribution in [3.8, 4) is 5.69 Å². The van der Waals surface area contributed by atoms with Crippen molar-refractivity contribution in [2.24, 2.45) is 0 Å². The Labute approximate surface area is 163 Å². The van der Waals surface area contributed by atoms with Crippen LogP contribution in [-0.4, -0.2) is 22.2 Å². The minimum Gasteiger partial charge on any atom is -0.323 e. The SMILES string of the molecule is Cc1nn(-c2ccccc2)c(C)c1CC(=O)Nc1ccc2c(c1F)CCNC2. The van der Waals surface area contributed by atoms with E-state index in [-0.39, 0.29) is 23.8 Å². The number of nitrogens with zero attached hydrogens (tertiary/aromatic N) is 2. The number of amides is 1. The number of aryl methyl sites for hydroxylation is 1. The molecule has 6 heteroatoms. The van der Waals surface area contributed by atoms with Crippen LogP contribution in [0.25, 0.3) is 5.69 Å². The van der Waals surface area contributed by atoms with E-state index in [4.69, 9.17) is 0 Å². The van der Waals surface area contributed by atoms with Gasteiger partial charge in [-0.25, -0.2) is 9.07 Å². The first-order valence-electron chi connectivity index (χ1n) is 9.46. The fourth-order valence-corrected chi connectivity index (χ4v) is 3.74. The van der Waals surface area contributed by atoms with E-state index >= 15 is 0 Å². The van der Waals surface area contributed by atoms with Crippen molar-refractivity contribution in [1.82, 2.24) is 15.1 Å². The molecule has 0 aliphatic carbocycles. The summed E-state index contributed by atoms with van der Waals surface area (Å²) in [5.74, 6) is -0.563. The van der Waals surface area contributed by atoms with Crippen molar-refractivity contribution >= 4 is 11.6 Å². The van der Waals surface area contributed by atoms with Crippen molar-refractivity contribution in [1.29, 1.82) is 0 Å². The van der Waals surface area contributed by atoms with E-state index in [1.54, 1.807) is 6.07 Å². The third kappa shape index (κ3) is 3.43. The first-order valence-corrected chi connectivity index (χ1v) is 9.46. The van der Waals surface area contributed by atoms with E-state index in [1.165, 1.54) is 0 Å². The Morgan fingerprint density at radius 2 is 2.00 bits per heavy atom. The second-order valence-electron chi connectivity index (χ2n) is 7.11. The van der Waals surface area contributed by atoms with Crippen LogP contribution in [0, 0.1) is 19.7 Å². The van der Waals surface area contributed by atoms with Crippen molar-refractivity contribution in [2.45, 2.75) is 33.2 Å². The van der Waals surface area contributed by atoms with Gasteiger partial charge in [0, 0.05) is 17.8 Å². The topological polar surface area (TPSA) is 59.0 Å². The number of benzene rings is 2. The van der Waals surface area contributed by atoms with Crippen LogP contribution < -0.4 is 10.6 Å². The molecule has 2 aromatic carbocycles. The number of halogens is 1. The quantitative estimate of drug-likeness (QED) is 0.731. The van der Waals surface area contributed by atoms with Gasteiger partial charge in [-0.1, -0.05) is 24.3 Å². The van der Waals surface area contributed by atoms with Gasteiger partial charge in [-0.3, -0.25) is 4.79 Å². The highest BCUT2D eigenvalue weighted by Gasteiger charge is 2.20. The van der Waals surface area contributed by atoms with Crippen molar-refractivity contribution < 1.29 is 9.18 Å². The molecule has 0 bridgehead atoms. The van der Waals surface area contributed by atoms with Crippen LogP contribution in [0.4, 0.5) is 10.1 Å². The Balaban J connectivity index is 1.54. The van der Waals surface area contributed by atoms with E-state index in [2.05, 4.69) is 15.7 Å². The lowest BCUT2D eigenvalue weighted by Gasteiger charge is -2.19. The van der Waals surface area contributed by atoms with Gasteiger partial charge >= 0.3 is 0 Å². The molecule has 2 heterocycles. The normalized spacial score (nSPS) is 13.2. The Hall–Kier alpha value is -2.99. The van der Waals surface area contributed by atoms with E-state index in [9.17, 15) is 9.18 Å². The number of hydrogen-bond donors (Lipinski definition) is 2. The molecule has 0 atom stereocenters. The summed E-state index contributed by atoms with van der Waals surface area (Å²) in [6.07, 6.45) is 0.787. The molecule has 4 rings (SSSR count). The first kappa shape index (κ1) is 18.4. The van der Waals surface area contributed by atoms with Gasteiger partial charge in [-0.15, -0.1) is 0 Å². The van der Waals surface area contributed by atoms with Gasteiger partial charge in [-0.05, 0) is 56.1 Å². The summed E-state index contributed by atoms with van der Waals surface area (Å²) in [4.78, 5) is 12.6. The van der Waals surface area contributed by atoms with Gasteiger partial charge in [0.05, 0.1) is 23.5 Å². The van der Waals surface area contributed by atoms with Crippen molar-refractivity contribution in [3.05, 3.63) is 76.4 Å². The largest absolute Gasteiger partial charge is 0.323 e. The van der Waals surface area contributed by atoms with Gasteiger partial charge in [0.1, 0.15) is 5.82 Å². The number of carbonyl (C=O) groups excluding carboxylic acids is 1. The average molecular weight is 378 g/mol. The van der Waals surface area contributed by atoms with E-state index in [0.29, 0.717) is 18.5 Å². The summed E-state index contributed by atoms with van der Waals surface area (Å²) in [6, 6.07) is 13.3. The molecule has 0 radical (unpaired) electrons. The maximum Gasteiger partial charge on any atom is 0.229 e. The first-order chi connectivity index (χ1) is 13.5. The zero-order valence-corrected chi connectivity index (χ0v) is 16.1. The highest BCUT2D eigenvalue weighted by molar-refractivity contribution is 5.92. The number of anilines is 1. The predicted octanol–water partition coefficient (Wildman–Crippen LogP) is 3.46. The number of nitrogens with one attached hydrogen (secondary N) is 2. The smallest absolute Gasteiger partial charge is 0.229 e. The summed E-state index contributed by atoms with van der Waals surface area (Å²) in [5.41, 5.74) is 5.42. The van der Waals surface area contributed by atoms with Crippen molar-refractivity contribution in [3.63, 3.8) is 0 Å². The molecule has 1 amide bonds. The zero-order valence-electron chi connectivity index (χ0n) is 16.1. The predicted molar refractivity (Wildman–Crippen MR) is 107 cm³/mol. The highest BCUT2D eigenvalue weighted by Crippen LogP contribution is 2.25. The average Bonchev–Trinajstić information content (AvgIpc) is 2.99. The number of hydrogen-bond acceptors (Lipinski definition) is 3. The molecule has 0 saturated heterocycles. The van der Waals surface area contributed by atoms with E-state index < -0.39 is 0 Å². The minimum absolute atomic E-state index is 0.155. The van der Waals surface area contributed by atoms with E-state index in [0.717, 1.165) is 34.7 Å². The molecule has 0 fully saturated rings. The number of rotatable bonds is 4. The second-order valence-corrected chi connectivity index (χ2v) is 7.11. The van der Waals surface area contributed by atoms with Gasteiger partial charge in [0.2, 0.25) is 5.91 Å². The molecule has 0 spiro atoms. The standard InChI is InChI=1S/C22H23FN4O/c1-14-19(15(2)27(26-14)17-6-4-3-5-7-17)12-21(28)25-20-9-8-16-13-24-11-10-18(16)22(20)23/h3-9,24H,10-13H2,1-2H3,(H,25,28). The van der Waals surface area contributed by atoms with Crippen LogP contribution >= 0.6 is 0 Å². The molecule has 1 aromatic heterocycles. The number of aromatic nitrogens is 2. The zero-order chi connectivity index (χ0) is 19.7. The lowest BCUT2D eigenvalue weighted by molar-refractivity contribution is -0.115. The molecule has 144 valence electrons. The molecule has 2 N–H and O–H groups in total. The molecule has 3 aromatic rings. The fraction of sp³-hybridized carbons (Fsp3) is 0.273. The summed E-state index contributed by atoms with van der Waals surface area (Å²) in [5, 5.41) is 10.5. The monoisotopic (exact) mass is 378 g/mol. The second kappa shape index (κ2) is 7.56. The molecule has 1 aliphatic heterocycles. The molecule has 28 heavy (non-hydrogen) atoms. The maximum atomic E-state index is 14.8. The number of carbonyl (C=O) groups is 1. The van der Waals surface area contributed by atoms with Crippen LogP contribution in [0.15, 0.2) is 42.5 Å². The van der Waals surface area contributed by atoms with Gasteiger partial charge in [0.15, 0.2) is 0 Å². The van der Waals surface area contributed by atoms with Gasteiger partial charge in [-0.2, -0.15) is 5.10 Å². The Bertz CT molecular complexity index is 1030. The van der Waals surface area contributed by atoms with Crippen LogP contribution in [0.2, 0.25) is 0 Å². The molecule has 0 saturated carbocycles. The summed E-state index contributed by atoms with van der Waals surface area (Å²) in [6.45, 7) is 5.25. The summed E-state index contributed by atoms with van der Waals surface area (Å²) < 4.78 is 16.6. The van der Waals surface area contributed by atoms with Crippen molar-refractivity contribution in [2.75, 3.05) is 11.9 Å². The molecular weight excluding hydrogens is 355 g/mol. The van der Waals surface area contributed by atoms with Crippen LogP contribution in [-0.2, 0) is 24.2 Å². The number of para-hydroxylation sites is 1. The molecule has 0 unspecified atom stereocenters. The van der Waals surface area contributed by atoms with Gasteiger partial charge < -0.3 is 10.6 Å². The third-order valence-electron chi connectivity index (χ3n) is 5.26. The lowest BCUT2D eigenvalue weighted by Crippen LogP contribution is -2.25. The van der Waals surface area contributed by atoms with Gasteiger partial charge in [0.25, 0.3) is 0 Å². The van der Waals surface area contributed by atoms with Crippen LogP contribution in [0.1, 0.15) is 28.1 Å². The van der Waals surface area contributed by atoms with Crippen LogP contribution in [0.3, 0.4) is 0 Å². The third-order valence-corrected chi connectivity index (χ3v) is 5.26. The minimum atomic E-state index is -0.319. The summed E-state index contributed by atoms with van der Waals surface area (Å²) >= 11 is 0.